The first-order valence-electron chi connectivity index (χ1n) is 26.1. The maximum atomic E-state index is 17.0. The molecule has 0 radical (unpaired) electrons. The minimum Gasteiger partial charge on any atom is -0.464 e. The number of benzene rings is 1. The Morgan fingerprint density at radius 1 is 1.03 bits per heavy atom. The molecule has 418 valence electrons. The molecule has 0 unspecified atom stereocenters. The molecule has 0 saturated carbocycles. The lowest BCUT2D eigenvalue weighted by Crippen LogP contribution is -2.70. The molecule has 17 nitrogen and oxygen atoms in total. The number of carbonyl (C=O) groups excluding carboxylic acids is 5. The molecule has 1 spiro atoms. The topological polar surface area (TPSA) is 175 Å². The lowest BCUT2D eigenvalue weighted by atomic mass is 9.71. The van der Waals surface area contributed by atoms with Crippen LogP contribution in [-0.2, 0) is 52.8 Å². The zero-order valence-electron chi connectivity index (χ0n) is 44.3. The highest BCUT2D eigenvalue weighted by Crippen LogP contribution is 2.46. The van der Waals surface area contributed by atoms with E-state index in [0.717, 1.165) is 35.1 Å². The van der Waals surface area contributed by atoms with Crippen molar-refractivity contribution >= 4 is 69.1 Å². The number of esters is 1. The summed E-state index contributed by atoms with van der Waals surface area (Å²) in [5, 5.41) is 6.36. The molecule has 1 aromatic carbocycles. The second kappa shape index (κ2) is 22.0. The van der Waals surface area contributed by atoms with Gasteiger partial charge in [-0.15, -0.1) is 11.3 Å². The van der Waals surface area contributed by atoms with Crippen LogP contribution in [0.25, 0.3) is 33.4 Å². The van der Waals surface area contributed by atoms with Crippen molar-refractivity contribution in [3.8, 4) is 22.5 Å². The Labute approximate surface area is 452 Å². The van der Waals surface area contributed by atoms with Crippen LogP contribution in [0.5, 0.6) is 0 Å². The van der Waals surface area contributed by atoms with Crippen molar-refractivity contribution in [3.05, 3.63) is 51.9 Å². The second-order valence-electron chi connectivity index (χ2n) is 22.4. The molecule has 24 heteroatoms. The first-order valence-corrected chi connectivity index (χ1v) is 27.4. The van der Waals surface area contributed by atoms with Gasteiger partial charge in [0.1, 0.15) is 30.5 Å². The van der Waals surface area contributed by atoms with E-state index in [1.807, 2.05) is 27.0 Å². The third-order valence-corrected chi connectivity index (χ3v) is 16.7. The van der Waals surface area contributed by atoms with Gasteiger partial charge in [0.25, 0.3) is 17.4 Å². The van der Waals surface area contributed by atoms with Crippen LogP contribution >= 0.6 is 22.9 Å². The van der Waals surface area contributed by atoms with Crippen molar-refractivity contribution in [3.63, 3.8) is 0 Å². The summed E-state index contributed by atoms with van der Waals surface area (Å²) in [5.41, 5.74) is 0.913. The number of nitrogens with zero attached hydrogens (tertiary/aromatic N) is 8. The van der Waals surface area contributed by atoms with Gasteiger partial charge in [-0.2, -0.15) is 13.2 Å². The molecule has 4 saturated heterocycles. The molecule has 5 atom stereocenters. The maximum absolute atomic E-state index is 17.0. The maximum Gasteiger partial charge on any atom is 0.406 e. The number of halogens is 6. The monoisotopic (exact) mass is 1120 g/mol. The number of cyclic esters (lactones) is 1. The van der Waals surface area contributed by atoms with E-state index in [0.29, 0.717) is 71.7 Å². The quantitative estimate of drug-likeness (QED) is 0.0986. The van der Waals surface area contributed by atoms with Crippen LogP contribution in [-0.4, -0.2) is 167 Å². The van der Waals surface area contributed by atoms with Crippen molar-refractivity contribution in [2.24, 2.45) is 16.7 Å². The van der Waals surface area contributed by atoms with Crippen molar-refractivity contribution in [2.45, 2.75) is 116 Å². The Bertz CT molecular complexity index is 2920. The molecular weight excluding hydrogens is 1050 g/mol. The van der Waals surface area contributed by atoms with Gasteiger partial charge in [0.2, 0.25) is 11.8 Å². The Morgan fingerprint density at radius 3 is 2.43 bits per heavy atom. The fourth-order valence-corrected chi connectivity index (χ4v) is 12.6. The number of aromatic nitrogens is 3. The number of thiazole rings is 1. The van der Waals surface area contributed by atoms with Gasteiger partial charge >= 0.3 is 12.1 Å². The molecule has 4 aromatic rings. The number of carbonyl (C=O) groups is 5. The number of piperidine rings is 1. The van der Waals surface area contributed by atoms with Gasteiger partial charge in [-0.1, -0.05) is 39.3 Å². The van der Waals surface area contributed by atoms with Gasteiger partial charge in [0, 0.05) is 93.2 Å². The molecule has 2 N–H and O–H groups in total. The summed E-state index contributed by atoms with van der Waals surface area (Å²) >= 11 is 6.52. The van der Waals surface area contributed by atoms with Crippen LogP contribution in [0.1, 0.15) is 82.7 Å². The molecule has 4 amide bonds. The number of hydrogen-bond donors (Lipinski definition) is 2. The Hall–Kier alpha value is -5.49. The first kappa shape index (κ1) is 56.2. The number of hydrogen-bond acceptors (Lipinski definition) is 13. The van der Waals surface area contributed by atoms with Gasteiger partial charge in [-0.3, -0.25) is 34.0 Å². The SMILES string of the molecule is CO[C@@H](C)c1ncc(N2CCN(C)CC2)cc1-c1c2c3cc(c(F)cc3n1CC(F)(F)F)-c1csc(n1)C[C@H](NC(=O)[C@H](C(C)C)N1CCCC3(CN(C(=O)[C@H](F)Cl)C3)C1=O)C(=O)N1CCC[C@H](N1)C(=O)OCC(C)(C)C2. The van der Waals surface area contributed by atoms with E-state index in [1.165, 1.54) is 28.0 Å². The number of piperazine rings is 1. The fraction of sp³-hybridized carbons (Fsp3) is 0.604. The van der Waals surface area contributed by atoms with Crippen LogP contribution in [0.4, 0.5) is 27.6 Å². The van der Waals surface area contributed by atoms with Gasteiger partial charge in [-0.25, -0.2) is 19.2 Å². The predicted octanol–water partition coefficient (Wildman–Crippen LogP) is 6.65. The molecule has 3 aromatic heterocycles. The highest BCUT2D eigenvalue weighted by molar-refractivity contribution is 7.10. The summed E-state index contributed by atoms with van der Waals surface area (Å²) in [6.45, 7) is 10.3. The normalized spacial score (nSPS) is 22.7. The third kappa shape index (κ3) is 11.5. The van der Waals surface area contributed by atoms with E-state index < -0.39 is 88.8 Å². The smallest absolute Gasteiger partial charge is 0.406 e. The van der Waals surface area contributed by atoms with Crippen LogP contribution in [0.3, 0.4) is 0 Å². The number of likely N-dealkylation sites (tertiary alicyclic amines) is 2. The van der Waals surface area contributed by atoms with E-state index in [9.17, 15) is 28.4 Å². The summed E-state index contributed by atoms with van der Waals surface area (Å²) in [6, 6.07) is 1.01. The minimum absolute atomic E-state index is 0.0219. The van der Waals surface area contributed by atoms with Crippen LogP contribution in [0.15, 0.2) is 29.8 Å². The molecule has 5 aliphatic rings. The number of pyridine rings is 1. The lowest BCUT2D eigenvalue weighted by molar-refractivity contribution is -0.171. The van der Waals surface area contributed by atoms with E-state index in [4.69, 9.17) is 31.0 Å². The number of anilines is 1. The third-order valence-electron chi connectivity index (χ3n) is 15.7. The van der Waals surface area contributed by atoms with Crippen molar-refractivity contribution in [2.75, 3.05) is 78.0 Å². The van der Waals surface area contributed by atoms with Crippen molar-refractivity contribution in [1.82, 2.24) is 45.0 Å². The number of fused-ring (bicyclic) bond motifs is 6. The standard InChI is InChI=1S/C53H66ClF5N10O7S/c1-29(2)43(67-12-9-11-52(50(67)74)25-66(26-52)48(72)45(54)56)46(70)62-38-21-41-61-39(24-77-41)33-19-32-35(22-51(4,5)28-76-49(73)37-10-8-13-69(63-37)47(38)71)44(68(27-53(57,58)59)40(32)20-36(33)55)34-18-31(23-60-42(34)30(3)75-7)65-16-14-64(6)15-17-65/h18-20,23-24,29-30,37-38,43,45,63H,8-17,21-22,25-28H2,1-7H3,(H,62,70)/t30-,37-,38-,43-,45-/m0/s1. The number of rotatable bonds is 10. The molecule has 5 aliphatic heterocycles. The van der Waals surface area contributed by atoms with Gasteiger partial charge in [0.05, 0.1) is 57.6 Å². The zero-order valence-corrected chi connectivity index (χ0v) is 45.8. The number of methoxy groups -OCH3 is 1. The average Bonchev–Trinajstić information content (AvgIpc) is 3.94. The molecule has 77 heavy (non-hydrogen) atoms. The minimum atomic E-state index is -4.76. The van der Waals surface area contributed by atoms with Crippen molar-refractivity contribution in [1.29, 1.82) is 0 Å². The Kier molecular flexibility index (Phi) is 16.0. The number of amides is 4. The Morgan fingerprint density at radius 2 is 1.75 bits per heavy atom. The molecule has 9 rings (SSSR count). The molecule has 6 bridgehead atoms. The second-order valence-corrected chi connectivity index (χ2v) is 23.7. The summed E-state index contributed by atoms with van der Waals surface area (Å²) in [6.07, 6.45) is -2.31. The summed E-state index contributed by atoms with van der Waals surface area (Å²) < 4.78 is 88.8. The van der Waals surface area contributed by atoms with Crippen LogP contribution in [0, 0.1) is 22.6 Å². The van der Waals surface area contributed by atoms with E-state index in [-0.39, 0.29) is 74.0 Å². The first-order chi connectivity index (χ1) is 36.4. The van der Waals surface area contributed by atoms with Crippen LogP contribution in [0.2, 0.25) is 0 Å². The molecule has 4 fully saturated rings. The average molecular weight is 1120 g/mol. The number of ether oxygens (including phenoxy) is 2. The van der Waals surface area contributed by atoms with Gasteiger partial charge < -0.3 is 39.0 Å². The number of hydrazine groups is 1. The van der Waals surface area contributed by atoms with Crippen LogP contribution < -0.4 is 15.6 Å². The lowest BCUT2D eigenvalue weighted by Gasteiger charge is -2.54. The summed E-state index contributed by atoms with van der Waals surface area (Å²) in [5.74, 6) is -4.58. The molecule has 0 aliphatic carbocycles. The summed E-state index contributed by atoms with van der Waals surface area (Å²) in [7, 11) is 3.51. The van der Waals surface area contributed by atoms with Gasteiger partial charge in [-0.05, 0) is 75.8 Å². The van der Waals surface area contributed by atoms with E-state index >= 15 is 17.6 Å². The number of nitrogens with one attached hydrogen (secondary N) is 2. The molecular formula is C53H66ClF5N10O7S. The zero-order chi connectivity index (χ0) is 55.5. The number of alkyl halides is 5. The molecule has 8 heterocycles. The van der Waals surface area contributed by atoms with Crippen molar-refractivity contribution < 1.29 is 55.4 Å². The van der Waals surface area contributed by atoms with E-state index in [2.05, 4.69) is 20.5 Å². The fourth-order valence-electron chi connectivity index (χ4n) is 11.6. The largest absolute Gasteiger partial charge is 0.464 e. The summed E-state index contributed by atoms with van der Waals surface area (Å²) in [4.78, 5) is 86.8. The van der Waals surface area contributed by atoms with Gasteiger partial charge in [0.15, 0.2) is 0 Å². The highest BCUT2D eigenvalue weighted by Gasteiger charge is 2.56. The number of likely N-dealkylation sites (N-methyl/N-ethyl adjacent to an activating group) is 1. The Balaban J connectivity index is 1.14. The predicted molar refractivity (Wildman–Crippen MR) is 279 cm³/mol. The highest BCUT2D eigenvalue weighted by atomic mass is 35.5. The van der Waals surface area contributed by atoms with E-state index in [1.54, 1.807) is 32.3 Å².